The van der Waals surface area contributed by atoms with Crippen LogP contribution in [-0.2, 0) is 6.54 Å². The van der Waals surface area contributed by atoms with Crippen molar-refractivity contribution in [3.8, 4) is 5.69 Å². The fourth-order valence-electron chi connectivity index (χ4n) is 4.30. The molecule has 0 bridgehead atoms. The lowest BCUT2D eigenvalue weighted by Crippen LogP contribution is -2.53. The summed E-state index contributed by atoms with van der Waals surface area (Å²) in [7, 11) is 1.84. The maximum absolute atomic E-state index is 4.52. The van der Waals surface area contributed by atoms with Gasteiger partial charge in [0.05, 0.1) is 6.54 Å². The average molecular weight is 418 g/mol. The molecule has 7 heteroatoms. The van der Waals surface area contributed by atoms with E-state index in [9.17, 15) is 0 Å². The Morgan fingerprint density at radius 1 is 1.00 bits per heavy atom. The van der Waals surface area contributed by atoms with E-state index >= 15 is 0 Å². The van der Waals surface area contributed by atoms with Crippen LogP contribution in [-0.4, -0.2) is 63.8 Å². The van der Waals surface area contributed by atoms with Crippen LogP contribution in [0.1, 0.15) is 30.8 Å². The molecule has 0 amide bonds. The summed E-state index contributed by atoms with van der Waals surface area (Å²) in [5.74, 6) is 1.77. The van der Waals surface area contributed by atoms with Crippen molar-refractivity contribution in [1.82, 2.24) is 29.9 Å². The Hall–Kier alpha value is -3.19. The van der Waals surface area contributed by atoms with Gasteiger partial charge in [0.25, 0.3) is 0 Å². The third-order valence-corrected chi connectivity index (χ3v) is 5.89. The van der Waals surface area contributed by atoms with E-state index in [4.69, 9.17) is 0 Å². The molecule has 7 nitrogen and oxygen atoms in total. The van der Waals surface area contributed by atoms with Crippen molar-refractivity contribution < 1.29 is 0 Å². The second-order valence-electron chi connectivity index (χ2n) is 7.71. The molecular formula is C24H31N7. The Labute approximate surface area is 184 Å². The van der Waals surface area contributed by atoms with Crippen molar-refractivity contribution in [1.29, 1.82) is 0 Å². The minimum absolute atomic E-state index is 0.475. The van der Waals surface area contributed by atoms with Crippen LogP contribution in [0.4, 0.5) is 0 Å². The van der Waals surface area contributed by atoms with Crippen LogP contribution in [0, 0.1) is 0 Å². The maximum atomic E-state index is 4.52. The van der Waals surface area contributed by atoms with Crippen molar-refractivity contribution >= 4 is 5.96 Å². The Bertz CT molecular complexity index is 960. The summed E-state index contributed by atoms with van der Waals surface area (Å²) in [6.07, 6.45) is 2.87. The van der Waals surface area contributed by atoms with Crippen LogP contribution < -0.4 is 5.32 Å². The molecule has 1 aromatic heterocycles. The molecule has 31 heavy (non-hydrogen) atoms. The lowest BCUT2D eigenvalue weighted by molar-refractivity contribution is 0.127. The molecule has 2 heterocycles. The molecule has 1 aliphatic rings. The topological polar surface area (TPSA) is 61.6 Å². The molecule has 1 unspecified atom stereocenters. The normalized spacial score (nSPS) is 16.3. The Morgan fingerprint density at radius 2 is 1.68 bits per heavy atom. The third-order valence-electron chi connectivity index (χ3n) is 5.89. The van der Waals surface area contributed by atoms with Gasteiger partial charge in [-0.2, -0.15) is 0 Å². The molecule has 4 rings (SSSR count). The van der Waals surface area contributed by atoms with Gasteiger partial charge in [-0.1, -0.05) is 55.5 Å². The average Bonchev–Trinajstić information content (AvgIpc) is 3.31. The number of guanidine groups is 1. The first-order valence-corrected chi connectivity index (χ1v) is 11.0. The summed E-state index contributed by atoms with van der Waals surface area (Å²) in [4.78, 5) is 9.44. The number of piperazine rings is 1. The Balaban J connectivity index is 1.35. The summed E-state index contributed by atoms with van der Waals surface area (Å²) in [6.45, 7) is 6.79. The van der Waals surface area contributed by atoms with Crippen molar-refractivity contribution in [2.24, 2.45) is 4.99 Å². The number of aliphatic imine (C=N–C) groups is 1. The van der Waals surface area contributed by atoms with E-state index in [1.54, 1.807) is 6.33 Å². The van der Waals surface area contributed by atoms with Crippen LogP contribution >= 0.6 is 0 Å². The van der Waals surface area contributed by atoms with Crippen LogP contribution in [0.25, 0.3) is 5.69 Å². The van der Waals surface area contributed by atoms with E-state index in [0.29, 0.717) is 12.6 Å². The van der Waals surface area contributed by atoms with Crippen molar-refractivity contribution in [3.05, 3.63) is 78.4 Å². The Kier molecular flexibility index (Phi) is 6.94. The SMILES string of the molecule is CCC(c1ccccc1)N1CCN(C(=NC)NCc2nncn2-c2ccccc2)CC1. The van der Waals surface area contributed by atoms with E-state index in [1.165, 1.54) is 5.56 Å². The van der Waals surface area contributed by atoms with Crippen LogP contribution in [0.5, 0.6) is 0 Å². The molecule has 0 aliphatic carbocycles. The zero-order valence-corrected chi connectivity index (χ0v) is 18.4. The fraction of sp³-hybridized carbons (Fsp3) is 0.375. The summed E-state index contributed by atoms with van der Waals surface area (Å²) in [6, 6.07) is 21.5. The molecule has 0 spiro atoms. The lowest BCUT2D eigenvalue weighted by atomic mass is 10.0. The van der Waals surface area contributed by atoms with Gasteiger partial charge in [0, 0.05) is 45.0 Å². The van der Waals surface area contributed by atoms with Crippen molar-refractivity contribution in [2.45, 2.75) is 25.9 Å². The van der Waals surface area contributed by atoms with E-state index in [1.807, 2.05) is 29.8 Å². The van der Waals surface area contributed by atoms with Gasteiger partial charge in [-0.15, -0.1) is 10.2 Å². The number of hydrogen-bond acceptors (Lipinski definition) is 4. The minimum atomic E-state index is 0.475. The molecule has 1 aliphatic heterocycles. The minimum Gasteiger partial charge on any atom is -0.349 e. The monoisotopic (exact) mass is 417 g/mol. The highest BCUT2D eigenvalue weighted by Gasteiger charge is 2.25. The highest BCUT2D eigenvalue weighted by molar-refractivity contribution is 5.79. The molecule has 1 saturated heterocycles. The van der Waals surface area contributed by atoms with Crippen molar-refractivity contribution in [3.63, 3.8) is 0 Å². The predicted octanol–water partition coefficient (Wildman–Crippen LogP) is 3.11. The molecule has 162 valence electrons. The molecule has 1 fully saturated rings. The van der Waals surface area contributed by atoms with Crippen LogP contribution in [0.3, 0.4) is 0 Å². The molecule has 0 radical (unpaired) electrons. The summed E-state index contributed by atoms with van der Waals surface area (Å²) >= 11 is 0. The van der Waals surface area contributed by atoms with Gasteiger partial charge in [-0.3, -0.25) is 14.5 Å². The van der Waals surface area contributed by atoms with Gasteiger partial charge in [0.2, 0.25) is 0 Å². The highest BCUT2D eigenvalue weighted by Crippen LogP contribution is 2.25. The lowest BCUT2D eigenvalue weighted by Gasteiger charge is -2.40. The van der Waals surface area contributed by atoms with E-state index < -0.39 is 0 Å². The maximum Gasteiger partial charge on any atom is 0.194 e. The smallest absolute Gasteiger partial charge is 0.194 e. The summed E-state index contributed by atoms with van der Waals surface area (Å²) in [5.41, 5.74) is 2.46. The number of rotatable bonds is 6. The van der Waals surface area contributed by atoms with Gasteiger partial charge in [0.1, 0.15) is 6.33 Å². The van der Waals surface area contributed by atoms with E-state index in [-0.39, 0.29) is 0 Å². The second kappa shape index (κ2) is 10.2. The molecule has 3 aromatic rings. The quantitative estimate of drug-likeness (QED) is 0.493. The van der Waals surface area contributed by atoms with E-state index in [2.05, 4.69) is 79.7 Å². The van der Waals surface area contributed by atoms with Gasteiger partial charge in [-0.05, 0) is 24.1 Å². The van der Waals surface area contributed by atoms with Gasteiger partial charge in [-0.25, -0.2) is 0 Å². The number of nitrogens with zero attached hydrogens (tertiary/aromatic N) is 6. The fourth-order valence-corrected chi connectivity index (χ4v) is 4.30. The standard InChI is InChI=1S/C24H31N7/c1-3-22(20-10-6-4-7-11-20)29-14-16-30(17-15-29)24(25-2)26-18-23-28-27-19-31(23)21-12-8-5-9-13-21/h4-13,19,22H,3,14-18H2,1-2H3,(H,25,26). The number of benzene rings is 2. The predicted molar refractivity (Wildman–Crippen MR) is 124 cm³/mol. The van der Waals surface area contributed by atoms with Gasteiger partial charge in [0.15, 0.2) is 11.8 Å². The van der Waals surface area contributed by atoms with Crippen LogP contribution in [0.2, 0.25) is 0 Å². The van der Waals surface area contributed by atoms with Crippen LogP contribution in [0.15, 0.2) is 72.0 Å². The number of hydrogen-bond donors (Lipinski definition) is 1. The van der Waals surface area contributed by atoms with Gasteiger partial charge >= 0.3 is 0 Å². The molecule has 1 N–H and O–H groups in total. The zero-order chi connectivity index (χ0) is 21.5. The van der Waals surface area contributed by atoms with Gasteiger partial charge < -0.3 is 10.2 Å². The largest absolute Gasteiger partial charge is 0.349 e. The first kappa shape index (κ1) is 21.1. The molecule has 1 atom stereocenters. The second-order valence-corrected chi connectivity index (χ2v) is 7.71. The number of aromatic nitrogens is 3. The van der Waals surface area contributed by atoms with Crippen molar-refractivity contribution in [2.75, 3.05) is 33.2 Å². The highest BCUT2D eigenvalue weighted by atomic mass is 15.4. The first-order chi connectivity index (χ1) is 15.3. The summed E-state index contributed by atoms with van der Waals surface area (Å²) in [5, 5.41) is 11.9. The zero-order valence-electron chi connectivity index (χ0n) is 18.4. The molecule has 2 aromatic carbocycles. The molecular weight excluding hydrogens is 386 g/mol. The number of nitrogens with one attached hydrogen (secondary N) is 1. The first-order valence-electron chi connectivity index (χ1n) is 11.0. The van der Waals surface area contributed by atoms with E-state index in [0.717, 1.165) is 50.1 Å². The molecule has 0 saturated carbocycles. The summed E-state index contributed by atoms with van der Waals surface area (Å²) < 4.78 is 2.00. The number of para-hydroxylation sites is 1. The Morgan fingerprint density at radius 3 is 2.32 bits per heavy atom. The third kappa shape index (κ3) is 4.94.